The number of aromatic nitrogens is 8. The van der Waals surface area contributed by atoms with E-state index in [9.17, 15) is 18.4 Å². The van der Waals surface area contributed by atoms with Gasteiger partial charge in [-0.15, -0.1) is 0 Å². The molecule has 0 N–H and O–H groups in total. The fourth-order valence-corrected chi connectivity index (χ4v) is 10.0. The first-order chi connectivity index (χ1) is 33.9. The second-order valence-corrected chi connectivity index (χ2v) is 18.0. The van der Waals surface area contributed by atoms with Crippen molar-refractivity contribution in [2.45, 2.75) is 65.2 Å². The number of piperidine rings is 2. The standard InChI is InChI=1S/2C27H28FN5O2/c1-17-14-18(26(33-12-5-4-6-13-33)19-16-32(2)31-25(17)19)15-22(34)21-10-11-29-27(30-21)24-20(28)8-7-9-23(24)35-3;1-17-14-18(26(33-12-5-4-6-13-33)19-16-30-32(2)25(17)19)15-22(34)21-10-11-29-27(31-21)24-20(28)8-7-9-23(24)35-3/h2*7-11,14,16H,4-6,12-13,15H2,1-3H3. The topological polar surface area (TPSA) is 146 Å². The maximum absolute atomic E-state index is 14.6. The SMILES string of the molecule is COc1cccc(F)c1-c1nccc(C(=O)Cc2cc(C)c3c(cnn3C)c2N2CCCCC2)n1.COc1cccc(F)c1-c1nccc(C(=O)Cc2cc(C)c3nn(C)cc3c2N2CCCCC2)n1. The zero-order valence-corrected chi connectivity index (χ0v) is 40.4. The molecule has 360 valence electrons. The number of rotatable bonds is 12. The van der Waals surface area contributed by atoms with Gasteiger partial charge in [0.25, 0.3) is 0 Å². The molecule has 8 aromatic rings. The van der Waals surface area contributed by atoms with Gasteiger partial charge >= 0.3 is 0 Å². The molecule has 2 aliphatic heterocycles. The van der Waals surface area contributed by atoms with Crippen LogP contribution in [0.4, 0.5) is 20.2 Å². The molecule has 70 heavy (non-hydrogen) atoms. The summed E-state index contributed by atoms with van der Waals surface area (Å²) in [5, 5.41) is 11.3. The number of hydrogen-bond donors (Lipinski definition) is 0. The van der Waals surface area contributed by atoms with Crippen LogP contribution in [0.25, 0.3) is 44.6 Å². The van der Waals surface area contributed by atoms with Gasteiger partial charge in [0.05, 0.1) is 54.0 Å². The summed E-state index contributed by atoms with van der Waals surface area (Å²) < 4.78 is 43.5. The molecule has 6 heterocycles. The van der Waals surface area contributed by atoms with Crippen LogP contribution < -0.4 is 19.3 Å². The van der Waals surface area contributed by atoms with Crippen LogP contribution in [-0.4, -0.2) is 91.5 Å². The number of methoxy groups -OCH3 is 2. The smallest absolute Gasteiger partial charge is 0.185 e. The van der Waals surface area contributed by atoms with E-state index in [-0.39, 0.29) is 58.6 Å². The lowest BCUT2D eigenvalue weighted by molar-refractivity contribution is 0.0980. The molecule has 0 radical (unpaired) electrons. The predicted molar refractivity (Wildman–Crippen MR) is 267 cm³/mol. The molecule has 0 amide bonds. The van der Waals surface area contributed by atoms with E-state index < -0.39 is 11.6 Å². The summed E-state index contributed by atoms with van der Waals surface area (Å²) in [6, 6.07) is 16.4. The monoisotopic (exact) mass is 946 g/mol. The number of hydrogen-bond acceptors (Lipinski definition) is 12. The molecule has 0 atom stereocenters. The predicted octanol–water partition coefficient (Wildman–Crippen LogP) is 9.80. The van der Waals surface area contributed by atoms with Crippen LogP contribution in [0, 0.1) is 25.5 Å². The van der Waals surface area contributed by atoms with Crippen molar-refractivity contribution < 1.29 is 27.8 Å². The average molecular weight is 947 g/mol. The minimum atomic E-state index is -0.501. The largest absolute Gasteiger partial charge is 0.496 e. The molecule has 4 aromatic carbocycles. The van der Waals surface area contributed by atoms with Crippen LogP contribution in [0.1, 0.15) is 81.8 Å². The molecule has 14 nitrogen and oxygen atoms in total. The number of anilines is 2. The molecular weight excluding hydrogens is 891 g/mol. The molecule has 0 aliphatic carbocycles. The van der Waals surface area contributed by atoms with Gasteiger partial charge in [0.2, 0.25) is 0 Å². The van der Waals surface area contributed by atoms with E-state index in [2.05, 4.69) is 52.1 Å². The Labute approximate surface area is 405 Å². The Bertz CT molecular complexity index is 3110. The van der Waals surface area contributed by atoms with Gasteiger partial charge in [0.1, 0.15) is 34.5 Å². The minimum Gasteiger partial charge on any atom is -0.496 e. The molecule has 2 fully saturated rings. The number of ketones is 2. The molecule has 16 heteroatoms. The summed E-state index contributed by atoms with van der Waals surface area (Å²) in [5.74, 6) is -0.408. The summed E-state index contributed by atoms with van der Waals surface area (Å²) in [5.41, 5.74) is 9.00. The van der Waals surface area contributed by atoms with Crippen molar-refractivity contribution >= 4 is 44.7 Å². The van der Waals surface area contributed by atoms with Crippen molar-refractivity contribution in [2.24, 2.45) is 14.1 Å². The molecule has 0 unspecified atom stereocenters. The van der Waals surface area contributed by atoms with Gasteiger partial charge in [0.15, 0.2) is 23.2 Å². The summed E-state index contributed by atoms with van der Waals surface area (Å²) in [6.07, 6.45) is 14.2. The molecule has 0 saturated carbocycles. The number of carbonyl (C=O) groups excluding carboxylic acids is 2. The number of benzene rings is 4. The van der Waals surface area contributed by atoms with Crippen molar-refractivity contribution in [3.05, 3.63) is 131 Å². The van der Waals surface area contributed by atoms with Crippen LogP contribution in [0.2, 0.25) is 0 Å². The van der Waals surface area contributed by atoms with E-state index in [4.69, 9.17) is 9.47 Å². The Morgan fingerprint density at radius 2 is 1.13 bits per heavy atom. The maximum Gasteiger partial charge on any atom is 0.185 e. The lowest BCUT2D eigenvalue weighted by atomic mass is 9.97. The number of fused-ring (bicyclic) bond motifs is 2. The Kier molecular flexibility index (Phi) is 13.9. The van der Waals surface area contributed by atoms with Gasteiger partial charge in [-0.3, -0.25) is 19.0 Å². The Morgan fingerprint density at radius 1 is 0.643 bits per heavy atom. The van der Waals surface area contributed by atoms with Crippen LogP contribution >= 0.6 is 0 Å². The number of Topliss-reactive ketones (excluding diaryl/α,β-unsaturated/α-hetero) is 2. The number of aryl methyl sites for hydroxylation is 4. The summed E-state index contributed by atoms with van der Waals surface area (Å²) in [7, 11) is 6.79. The highest BCUT2D eigenvalue weighted by Gasteiger charge is 2.26. The number of ether oxygens (including phenoxy) is 2. The third-order valence-electron chi connectivity index (χ3n) is 13.2. The Balaban J connectivity index is 0.000000174. The second-order valence-electron chi connectivity index (χ2n) is 18.0. The zero-order chi connectivity index (χ0) is 49.1. The molecule has 0 bridgehead atoms. The molecule has 10 rings (SSSR count). The molecule has 2 saturated heterocycles. The maximum atomic E-state index is 14.6. The van der Waals surface area contributed by atoms with Gasteiger partial charge in [0, 0.05) is 82.5 Å². The van der Waals surface area contributed by atoms with Crippen LogP contribution in [-0.2, 0) is 26.9 Å². The Morgan fingerprint density at radius 3 is 1.63 bits per heavy atom. The van der Waals surface area contributed by atoms with Crippen molar-refractivity contribution in [1.82, 2.24) is 39.5 Å². The van der Waals surface area contributed by atoms with Crippen molar-refractivity contribution in [1.29, 1.82) is 0 Å². The molecule has 2 aliphatic rings. The first-order valence-electron chi connectivity index (χ1n) is 23.7. The van der Waals surface area contributed by atoms with E-state index in [1.54, 1.807) is 36.4 Å². The summed E-state index contributed by atoms with van der Waals surface area (Å²) in [4.78, 5) is 49.0. The first-order valence-corrected chi connectivity index (χ1v) is 23.7. The Hall–Kier alpha value is -7.62. The number of nitrogens with zero attached hydrogens (tertiary/aromatic N) is 10. The van der Waals surface area contributed by atoms with E-state index in [1.165, 1.54) is 51.6 Å². The molecule has 0 spiro atoms. The highest BCUT2D eigenvalue weighted by molar-refractivity contribution is 6.02. The number of halogens is 2. The van der Waals surface area contributed by atoms with Crippen LogP contribution in [0.5, 0.6) is 11.5 Å². The highest BCUT2D eigenvalue weighted by Crippen LogP contribution is 2.38. The first kappa shape index (κ1) is 47.4. The summed E-state index contributed by atoms with van der Waals surface area (Å²) in [6.45, 7) is 7.90. The van der Waals surface area contributed by atoms with Crippen molar-refractivity contribution in [3.8, 4) is 34.3 Å². The zero-order valence-electron chi connectivity index (χ0n) is 40.4. The average Bonchev–Trinajstić information content (AvgIpc) is 3.97. The van der Waals surface area contributed by atoms with E-state index in [0.717, 1.165) is 107 Å². The van der Waals surface area contributed by atoms with Gasteiger partial charge in [-0.2, -0.15) is 10.2 Å². The lowest BCUT2D eigenvalue weighted by Crippen LogP contribution is -2.30. The van der Waals surface area contributed by atoms with E-state index in [1.807, 2.05) is 49.7 Å². The van der Waals surface area contributed by atoms with Crippen LogP contribution in [0.15, 0.2) is 85.5 Å². The van der Waals surface area contributed by atoms with Gasteiger partial charge in [-0.05, 0) is 111 Å². The third-order valence-corrected chi connectivity index (χ3v) is 13.2. The molecule has 4 aromatic heterocycles. The highest BCUT2D eigenvalue weighted by atomic mass is 19.1. The van der Waals surface area contributed by atoms with Gasteiger partial charge in [-0.25, -0.2) is 28.7 Å². The third kappa shape index (κ3) is 9.54. The number of carbonyl (C=O) groups is 2. The lowest BCUT2D eigenvalue weighted by Gasteiger charge is -2.31. The quantitative estimate of drug-likeness (QED) is 0.108. The van der Waals surface area contributed by atoms with Gasteiger partial charge < -0.3 is 19.3 Å². The van der Waals surface area contributed by atoms with E-state index in [0.29, 0.717) is 11.5 Å². The fraction of sp³-hybridized carbons (Fsp3) is 0.333. The van der Waals surface area contributed by atoms with Gasteiger partial charge in [-0.1, -0.05) is 24.3 Å². The van der Waals surface area contributed by atoms with Crippen molar-refractivity contribution in [2.75, 3.05) is 50.2 Å². The van der Waals surface area contributed by atoms with Crippen molar-refractivity contribution in [3.63, 3.8) is 0 Å². The fourth-order valence-electron chi connectivity index (χ4n) is 10.0. The normalized spacial score (nSPS) is 13.9. The summed E-state index contributed by atoms with van der Waals surface area (Å²) >= 11 is 0. The second kappa shape index (κ2) is 20.5. The van der Waals surface area contributed by atoms with Crippen LogP contribution in [0.3, 0.4) is 0 Å². The molecular formula is C54H56F2N10O4. The van der Waals surface area contributed by atoms with E-state index >= 15 is 0 Å². The minimum absolute atomic E-state index is 0.126.